The first-order chi connectivity index (χ1) is 6.11. The van der Waals surface area contributed by atoms with Crippen LogP contribution in [0.15, 0.2) is 18.2 Å². The predicted molar refractivity (Wildman–Crippen MR) is 53.7 cm³/mol. The maximum absolute atomic E-state index is 11.1. The van der Waals surface area contributed by atoms with Crippen LogP contribution in [0.1, 0.15) is 16.7 Å². The molecule has 0 aliphatic heterocycles. The molecule has 2 N–H and O–H groups in total. The molecule has 0 bridgehead atoms. The van der Waals surface area contributed by atoms with Crippen LogP contribution in [-0.2, 0) is 11.2 Å². The number of hydrogen-bond donors (Lipinski definition) is 1. The van der Waals surface area contributed by atoms with E-state index in [1.165, 1.54) is 11.1 Å². The van der Waals surface area contributed by atoms with Gasteiger partial charge in [-0.2, -0.15) is 0 Å². The first-order valence-electron chi connectivity index (χ1n) is 4.41. The molecule has 0 unspecified atom stereocenters. The van der Waals surface area contributed by atoms with Gasteiger partial charge in [-0.1, -0.05) is 29.3 Å². The molecule has 0 aromatic heterocycles. The molecule has 0 amide bonds. The summed E-state index contributed by atoms with van der Waals surface area (Å²) in [5.74, 6) is 0.0880. The van der Waals surface area contributed by atoms with E-state index in [1.807, 2.05) is 26.0 Å². The molecule has 0 aliphatic rings. The standard InChI is InChI=1S/C11H15NO/c1-8-3-9(2)5-10(4-8)6-11(13)7-12/h3-5H,6-7,12H2,1-2H3. The van der Waals surface area contributed by atoms with Crippen molar-refractivity contribution in [3.63, 3.8) is 0 Å². The second-order valence-corrected chi connectivity index (χ2v) is 3.42. The molecule has 13 heavy (non-hydrogen) atoms. The fraction of sp³-hybridized carbons (Fsp3) is 0.364. The van der Waals surface area contributed by atoms with Crippen molar-refractivity contribution in [2.45, 2.75) is 20.3 Å². The molecule has 1 aromatic rings. The average molecular weight is 177 g/mol. The first-order valence-corrected chi connectivity index (χ1v) is 4.41. The quantitative estimate of drug-likeness (QED) is 0.757. The van der Waals surface area contributed by atoms with Crippen LogP contribution in [0.25, 0.3) is 0 Å². The summed E-state index contributed by atoms with van der Waals surface area (Å²) in [6.45, 7) is 4.19. The smallest absolute Gasteiger partial charge is 0.150 e. The lowest BCUT2D eigenvalue weighted by atomic mass is 10.0. The van der Waals surface area contributed by atoms with E-state index < -0.39 is 0 Å². The molecule has 0 saturated carbocycles. The summed E-state index contributed by atoms with van der Waals surface area (Å²) in [6, 6.07) is 6.15. The molecule has 0 aliphatic carbocycles. The molecule has 2 nitrogen and oxygen atoms in total. The molecule has 1 rings (SSSR count). The van der Waals surface area contributed by atoms with Gasteiger partial charge < -0.3 is 5.73 Å². The fourth-order valence-electron chi connectivity index (χ4n) is 1.47. The molecule has 0 saturated heterocycles. The summed E-state index contributed by atoms with van der Waals surface area (Å²) >= 11 is 0. The molecule has 0 atom stereocenters. The number of aryl methyl sites for hydroxylation is 2. The third-order valence-corrected chi connectivity index (χ3v) is 1.91. The highest BCUT2D eigenvalue weighted by Gasteiger charge is 2.01. The number of nitrogens with two attached hydrogens (primary N) is 1. The zero-order valence-electron chi connectivity index (χ0n) is 8.13. The Morgan fingerprint density at radius 1 is 1.23 bits per heavy atom. The van der Waals surface area contributed by atoms with Crippen LogP contribution < -0.4 is 5.73 Å². The van der Waals surface area contributed by atoms with E-state index in [0.717, 1.165) is 5.56 Å². The van der Waals surface area contributed by atoms with Gasteiger partial charge in [-0.15, -0.1) is 0 Å². The number of carbonyl (C=O) groups excluding carboxylic acids is 1. The summed E-state index contributed by atoms with van der Waals surface area (Å²) in [7, 11) is 0. The van der Waals surface area contributed by atoms with Gasteiger partial charge in [-0.25, -0.2) is 0 Å². The number of Topliss-reactive ketones (excluding diaryl/α,β-unsaturated/α-hetero) is 1. The van der Waals surface area contributed by atoms with Gasteiger partial charge in [0.15, 0.2) is 5.78 Å². The van der Waals surface area contributed by atoms with E-state index in [-0.39, 0.29) is 12.3 Å². The number of hydrogen-bond acceptors (Lipinski definition) is 2. The van der Waals surface area contributed by atoms with Crippen LogP contribution in [0.2, 0.25) is 0 Å². The Bertz CT molecular complexity index is 298. The number of rotatable bonds is 3. The number of ketones is 1. The van der Waals surface area contributed by atoms with Gasteiger partial charge in [0.2, 0.25) is 0 Å². The van der Waals surface area contributed by atoms with Gasteiger partial charge >= 0.3 is 0 Å². The molecular formula is C11H15NO. The Morgan fingerprint density at radius 2 is 1.77 bits per heavy atom. The van der Waals surface area contributed by atoms with Crippen molar-refractivity contribution in [3.8, 4) is 0 Å². The Hall–Kier alpha value is -1.15. The highest BCUT2D eigenvalue weighted by atomic mass is 16.1. The van der Waals surface area contributed by atoms with E-state index in [0.29, 0.717) is 6.42 Å². The van der Waals surface area contributed by atoms with Crippen molar-refractivity contribution in [3.05, 3.63) is 34.9 Å². The second kappa shape index (κ2) is 4.19. The molecule has 0 spiro atoms. The summed E-state index contributed by atoms with van der Waals surface area (Å²) in [6.07, 6.45) is 0.457. The van der Waals surface area contributed by atoms with Crippen molar-refractivity contribution >= 4 is 5.78 Å². The van der Waals surface area contributed by atoms with Gasteiger partial charge in [0.1, 0.15) is 0 Å². The average Bonchev–Trinajstić information content (AvgIpc) is 2.02. The Kier molecular flexibility index (Phi) is 3.20. The highest BCUT2D eigenvalue weighted by molar-refractivity contribution is 5.82. The van der Waals surface area contributed by atoms with Gasteiger partial charge in [0.05, 0.1) is 6.54 Å². The second-order valence-electron chi connectivity index (χ2n) is 3.42. The van der Waals surface area contributed by atoms with Crippen LogP contribution in [0.5, 0.6) is 0 Å². The van der Waals surface area contributed by atoms with Crippen LogP contribution in [0.3, 0.4) is 0 Å². The van der Waals surface area contributed by atoms with Crippen molar-refractivity contribution in [1.82, 2.24) is 0 Å². The Balaban J connectivity index is 2.83. The molecule has 0 radical (unpaired) electrons. The SMILES string of the molecule is Cc1cc(C)cc(CC(=O)CN)c1. The largest absolute Gasteiger partial charge is 0.324 e. The van der Waals surface area contributed by atoms with Crippen molar-refractivity contribution < 1.29 is 4.79 Å². The predicted octanol–water partition coefficient (Wildman–Crippen LogP) is 1.37. The fourth-order valence-corrected chi connectivity index (χ4v) is 1.47. The first kappa shape index (κ1) is 9.93. The Labute approximate surface area is 78.8 Å². The van der Waals surface area contributed by atoms with Crippen LogP contribution >= 0.6 is 0 Å². The van der Waals surface area contributed by atoms with Gasteiger partial charge in [-0.3, -0.25) is 4.79 Å². The monoisotopic (exact) mass is 177 g/mol. The maximum atomic E-state index is 11.1. The highest BCUT2D eigenvalue weighted by Crippen LogP contribution is 2.09. The summed E-state index contributed by atoms with van der Waals surface area (Å²) in [5, 5.41) is 0. The van der Waals surface area contributed by atoms with E-state index in [2.05, 4.69) is 6.07 Å². The molecular weight excluding hydrogens is 162 g/mol. The molecule has 0 heterocycles. The Morgan fingerprint density at radius 3 is 2.23 bits per heavy atom. The zero-order chi connectivity index (χ0) is 9.84. The maximum Gasteiger partial charge on any atom is 0.150 e. The lowest BCUT2D eigenvalue weighted by molar-refractivity contribution is -0.117. The minimum absolute atomic E-state index is 0.0880. The van der Waals surface area contributed by atoms with Crippen molar-refractivity contribution in [2.75, 3.05) is 6.54 Å². The summed E-state index contributed by atoms with van der Waals surface area (Å²) in [5.41, 5.74) is 8.70. The number of benzene rings is 1. The molecule has 1 aromatic carbocycles. The van der Waals surface area contributed by atoms with Crippen molar-refractivity contribution in [1.29, 1.82) is 0 Å². The molecule has 2 heteroatoms. The van der Waals surface area contributed by atoms with E-state index >= 15 is 0 Å². The lowest BCUT2D eigenvalue weighted by Gasteiger charge is -2.02. The summed E-state index contributed by atoms with van der Waals surface area (Å²) in [4.78, 5) is 11.1. The van der Waals surface area contributed by atoms with E-state index in [1.54, 1.807) is 0 Å². The normalized spacial score (nSPS) is 10.1. The van der Waals surface area contributed by atoms with E-state index in [9.17, 15) is 4.79 Å². The lowest BCUT2D eigenvalue weighted by Crippen LogP contribution is -2.15. The third-order valence-electron chi connectivity index (χ3n) is 1.91. The van der Waals surface area contributed by atoms with E-state index in [4.69, 9.17) is 5.73 Å². The minimum atomic E-state index is 0.0880. The summed E-state index contributed by atoms with van der Waals surface area (Å²) < 4.78 is 0. The van der Waals surface area contributed by atoms with Crippen molar-refractivity contribution in [2.24, 2.45) is 5.73 Å². The van der Waals surface area contributed by atoms with Crippen LogP contribution in [0.4, 0.5) is 0 Å². The van der Waals surface area contributed by atoms with Crippen LogP contribution in [0, 0.1) is 13.8 Å². The van der Waals surface area contributed by atoms with Gasteiger partial charge in [-0.05, 0) is 19.4 Å². The van der Waals surface area contributed by atoms with Gasteiger partial charge in [0, 0.05) is 6.42 Å². The minimum Gasteiger partial charge on any atom is -0.324 e. The van der Waals surface area contributed by atoms with Gasteiger partial charge in [0.25, 0.3) is 0 Å². The topological polar surface area (TPSA) is 43.1 Å². The molecule has 70 valence electrons. The van der Waals surface area contributed by atoms with Crippen LogP contribution in [-0.4, -0.2) is 12.3 Å². The third kappa shape index (κ3) is 2.99. The number of carbonyl (C=O) groups is 1. The zero-order valence-corrected chi connectivity index (χ0v) is 8.13. The molecule has 0 fully saturated rings.